The number of hydrogen-bond donors (Lipinski definition) is 2. The Balaban J connectivity index is 1.93. The average molecular weight is 525 g/mol. The molecule has 5 nitrogen and oxygen atoms in total. The van der Waals surface area contributed by atoms with E-state index in [1.807, 2.05) is 34.7 Å². The number of anilines is 1. The van der Waals surface area contributed by atoms with Crippen LogP contribution in [0.25, 0.3) is 22.0 Å². The molecule has 3 rings (SSSR count). The number of nitrogens with one attached hydrogen (secondary N) is 1. The van der Waals surface area contributed by atoms with E-state index in [1.165, 1.54) is 19.3 Å². The zero-order valence-electron chi connectivity index (χ0n) is 16.9. The lowest BCUT2D eigenvalue weighted by atomic mass is 10.0. The fourth-order valence-electron chi connectivity index (χ4n) is 3.23. The van der Waals surface area contributed by atoms with Gasteiger partial charge in [0, 0.05) is 35.6 Å². The van der Waals surface area contributed by atoms with Crippen LogP contribution in [0.4, 0.5) is 5.69 Å². The molecule has 0 aliphatic carbocycles. The molecule has 1 aromatic carbocycles. The van der Waals surface area contributed by atoms with E-state index in [4.69, 9.17) is 11.6 Å². The first kappa shape index (κ1) is 22.2. The summed E-state index contributed by atoms with van der Waals surface area (Å²) in [5.41, 5.74) is 3.64. The number of unbranched alkanes of at least 4 members (excludes halogenated alkanes) is 2. The normalized spacial score (nSPS) is 14.6. The van der Waals surface area contributed by atoms with Crippen LogP contribution >= 0.6 is 34.2 Å². The number of rotatable bonds is 8. The van der Waals surface area contributed by atoms with Crippen LogP contribution in [0.1, 0.15) is 52.3 Å². The third-order valence-electron chi connectivity index (χ3n) is 4.85. The third kappa shape index (κ3) is 5.55. The first-order chi connectivity index (χ1) is 13.8. The molecular formula is C22H26ClIN4O. The maximum Gasteiger partial charge on any atom is 0.172 e. The molecule has 154 valence electrons. The van der Waals surface area contributed by atoms with Crippen molar-refractivity contribution in [1.82, 2.24) is 15.0 Å². The third-order valence-corrected chi connectivity index (χ3v) is 5.62. The quantitative estimate of drug-likeness (QED) is 0.205. The second-order valence-corrected chi connectivity index (χ2v) is 10.0. The number of aliphatic hydroxyl groups is 1. The van der Waals surface area contributed by atoms with Crippen LogP contribution in [-0.2, 0) is 3.61 Å². The number of nitrogens with zero attached hydrogens (tertiary/aromatic N) is 3. The van der Waals surface area contributed by atoms with Crippen molar-refractivity contribution in [2.24, 2.45) is 0 Å². The smallest absolute Gasteiger partial charge is 0.172 e. The van der Waals surface area contributed by atoms with Gasteiger partial charge in [0.25, 0.3) is 0 Å². The summed E-state index contributed by atoms with van der Waals surface area (Å²) >= 11 is 8.41. The molecule has 2 unspecified atom stereocenters. The van der Waals surface area contributed by atoms with Gasteiger partial charge < -0.3 is 10.4 Å². The summed E-state index contributed by atoms with van der Waals surface area (Å²) in [6, 6.07) is 6.37. The summed E-state index contributed by atoms with van der Waals surface area (Å²) in [7, 11) is 0. The zero-order chi connectivity index (χ0) is 21.0. The number of benzene rings is 1. The molecule has 0 fully saturated rings. The number of aromatic nitrogens is 3. The SMILES string of the molecule is CCCCCC(C)Nc1c(Cl)cnc2ccc(-c3cnc(C(C)(O)I)nc3)cc12. The Bertz CT molecular complexity index is 973. The van der Waals surface area contributed by atoms with Gasteiger partial charge in [0.1, 0.15) is 0 Å². The predicted molar refractivity (Wildman–Crippen MR) is 129 cm³/mol. The van der Waals surface area contributed by atoms with Crippen molar-refractivity contribution in [3.8, 4) is 11.1 Å². The monoisotopic (exact) mass is 524 g/mol. The van der Waals surface area contributed by atoms with Crippen LogP contribution in [0, 0.1) is 0 Å². The molecule has 0 amide bonds. The molecule has 2 atom stereocenters. The summed E-state index contributed by atoms with van der Waals surface area (Å²) in [6.45, 7) is 6.06. The molecule has 2 heterocycles. The Hall–Kier alpha value is -1.51. The van der Waals surface area contributed by atoms with E-state index in [9.17, 15) is 5.11 Å². The van der Waals surface area contributed by atoms with E-state index in [2.05, 4.69) is 40.2 Å². The lowest BCUT2D eigenvalue weighted by molar-refractivity contribution is 0.168. The summed E-state index contributed by atoms with van der Waals surface area (Å²) in [4.78, 5) is 13.1. The molecule has 2 aromatic heterocycles. The minimum Gasteiger partial charge on any atom is -0.381 e. The lowest BCUT2D eigenvalue weighted by Crippen LogP contribution is -2.15. The number of pyridine rings is 1. The van der Waals surface area contributed by atoms with E-state index in [0.29, 0.717) is 16.9 Å². The van der Waals surface area contributed by atoms with Crippen molar-refractivity contribution >= 4 is 50.8 Å². The molecule has 0 aliphatic heterocycles. The van der Waals surface area contributed by atoms with Gasteiger partial charge in [-0.2, -0.15) is 0 Å². The van der Waals surface area contributed by atoms with Crippen LogP contribution in [-0.4, -0.2) is 26.1 Å². The van der Waals surface area contributed by atoms with Crippen molar-refractivity contribution in [3.05, 3.63) is 47.6 Å². The highest BCUT2D eigenvalue weighted by Gasteiger charge is 2.21. The van der Waals surface area contributed by atoms with E-state index in [-0.39, 0.29) is 0 Å². The van der Waals surface area contributed by atoms with Crippen molar-refractivity contribution in [3.63, 3.8) is 0 Å². The van der Waals surface area contributed by atoms with Crippen molar-refractivity contribution in [2.45, 2.75) is 56.1 Å². The van der Waals surface area contributed by atoms with Gasteiger partial charge in [-0.3, -0.25) is 4.98 Å². The van der Waals surface area contributed by atoms with E-state index < -0.39 is 3.61 Å². The number of hydrogen-bond acceptors (Lipinski definition) is 5. The van der Waals surface area contributed by atoms with Crippen molar-refractivity contribution in [1.29, 1.82) is 0 Å². The second-order valence-electron chi connectivity index (χ2n) is 7.50. The summed E-state index contributed by atoms with van der Waals surface area (Å²) in [6.07, 6.45) is 9.90. The molecular weight excluding hydrogens is 499 g/mol. The fraction of sp³-hybridized carbons (Fsp3) is 0.409. The molecule has 0 bridgehead atoms. The van der Waals surface area contributed by atoms with Crippen LogP contribution in [0.3, 0.4) is 0 Å². The first-order valence-corrected chi connectivity index (χ1v) is 11.3. The topological polar surface area (TPSA) is 70.9 Å². The van der Waals surface area contributed by atoms with E-state index in [1.54, 1.807) is 25.5 Å². The summed E-state index contributed by atoms with van der Waals surface area (Å²) in [5.74, 6) is 0.385. The molecule has 0 spiro atoms. The first-order valence-electron chi connectivity index (χ1n) is 9.88. The molecule has 0 aliphatic rings. The summed E-state index contributed by atoms with van der Waals surface area (Å²) < 4.78 is -1.10. The van der Waals surface area contributed by atoms with Gasteiger partial charge in [-0.05, 0) is 60.6 Å². The number of alkyl halides is 1. The predicted octanol–water partition coefficient (Wildman–Crippen LogP) is 6.33. The molecule has 0 saturated heterocycles. The van der Waals surface area contributed by atoms with Gasteiger partial charge in [0.05, 0.1) is 16.2 Å². The van der Waals surface area contributed by atoms with Gasteiger partial charge in [-0.25, -0.2) is 9.97 Å². The minimum absolute atomic E-state index is 0.321. The highest BCUT2D eigenvalue weighted by atomic mass is 127. The molecule has 0 radical (unpaired) electrons. The molecule has 3 aromatic rings. The van der Waals surface area contributed by atoms with E-state index >= 15 is 0 Å². The van der Waals surface area contributed by atoms with Crippen molar-refractivity contribution in [2.75, 3.05) is 5.32 Å². The number of fused-ring (bicyclic) bond motifs is 1. The van der Waals surface area contributed by atoms with Gasteiger partial charge in [-0.1, -0.05) is 43.9 Å². The Kier molecular flexibility index (Phi) is 7.29. The average Bonchev–Trinajstić information content (AvgIpc) is 2.69. The van der Waals surface area contributed by atoms with Crippen LogP contribution in [0.5, 0.6) is 0 Å². The Morgan fingerprint density at radius 2 is 1.86 bits per heavy atom. The Morgan fingerprint density at radius 1 is 1.14 bits per heavy atom. The Labute approximate surface area is 190 Å². The van der Waals surface area contributed by atoms with E-state index in [0.717, 1.165) is 34.1 Å². The maximum absolute atomic E-state index is 10.1. The van der Waals surface area contributed by atoms with Gasteiger partial charge in [0.2, 0.25) is 0 Å². The summed E-state index contributed by atoms with van der Waals surface area (Å²) in [5, 5.41) is 15.2. The van der Waals surface area contributed by atoms with Gasteiger partial charge in [0.15, 0.2) is 9.43 Å². The molecule has 29 heavy (non-hydrogen) atoms. The fourth-order valence-corrected chi connectivity index (χ4v) is 3.71. The van der Waals surface area contributed by atoms with Crippen LogP contribution < -0.4 is 5.32 Å². The number of halogens is 2. The zero-order valence-corrected chi connectivity index (χ0v) is 19.8. The minimum atomic E-state index is -1.10. The highest BCUT2D eigenvalue weighted by molar-refractivity contribution is 14.1. The highest BCUT2D eigenvalue weighted by Crippen LogP contribution is 2.34. The molecule has 0 saturated carbocycles. The lowest BCUT2D eigenvalue weighted by Gasteiger charge is -2.18. The van der Waals surface area contributed by atoms with Gasteiger partial charge in [-0.15, -0.1) is 0 Å². The molecule has 2 N–H and O–H groups in total. The second kappa shape index (κ2) is 9.53. The van der Waals surface area contributed by atoms with Gasteiger partial charge >= 0.3 is 0 Å². The Morgan fingerprint density at radius 3 is 2.52 bits per heavy atom. The largest absolute Gasteiger partial charge is 0.381 e. The standard InChI is InChI=1S/C22H26ClIN4O/c1-4-5-6-7-14(2)28-20-17-10-15(8-9-19(17)25-13-18(20)23)16-11-26-21(27-12-16)22(3,24)29/h8-14,29H,4-7H2,1-3H3,(H,25,28). The maximum atomic E-state index is 10.1. The van der Waals surface area contributed by atoms with Crippen LogP contribution in [0.2, 0.25) is 5.02 Å². The molecule has 7 heteroatoms. The van der Waals surface area contributed by atoms with Crippen LogP contribution in [0.15, 0.2) is 36.8 Å². The van der Waals surface area contributed by atoms with Crippen molar-refractivity contribution < 1.29 is 5.11 Å².